The molecule has 0 spiro atoms. The molecule has 1 heterocycles. The highest BCUT2D eigenvalue weighted by Crippen LogP contribution is 2.65. The van der Waals surface area contributed by atoms with Gasteiger partial charge in [-0.15, -0.1) is 11.6 Å². The van der Waals surface area contributed by atoms with Crippen LogP contribution in [0.1, 0.15) is 65.7 Å². The number of nitrogens with zero attached hydrogens (tertiary/aromatic N) is 1. The molecule has 1 aliphatic heterocycles. The molecule has 5 aliphatic rings. The summed E-state index contributed by atoms with van der Waals surface area (Å²) in [4.78, 5) is 0. The van der Waals surface area contributed by atoms with Gasteiger partial charge in [0.2, 0.25) is 0 Å². The maximum absolute atomic E-state index is 10.6. The molecular weight excluding hydrogens is 414 g/mol. The predicted octanol–water partition coefficient (Wildman–Crippen LogP) is 4.56. The van der Waals surface area contributed by atoms with Crippen LogP contribution in [0.4, 0.5) is 0 Å². The number of fused-ring (bicyclic) bond motifs is 5. The van der Waals surface area contributed by atoms with Gasteiger partial charge in [0.05, 0.1) is 19.3 Å². The Hall–Kier alpha value is -0.643. The number of alkyl halides is 1. The third-order valence-electron chi connectivity index (χ3n) is 9.30. The van der Waals surface area contributed by atoms with E-state index in [2.05, 4.69) is 32.9 Å². The van der Waals surface area contributed by atoms with Crippen LogP contribution >= 0.6 is 11.6 Å². The smallest absolute Gasteiger partial charge is 0.193 e. The van der Waals surface area contributed by atoms with E-state index >= 15 is 0 Å². The van der Waals surface area contributed by atoms with Crippen molar-refractivity contribution in [3.05, 3.63) is 22.8 Å². The Morgan fingerprint density at radius 1 is 1.27 bits per heavy atom. The lowest BCUT2D eigenvalue weighted by atomic mass is 9.51. The molecule has 1 saturated carbocycles. The Balaban J connectivity index is 1.65. The van der Waals surface area contributed by atoms with Crippen molar-refractivity contribution < 1.29 is 13.9 Å². The van der Waals surface area contributed by atoms with Gasteiger partial charge in [-0.05, 0) is 74.3 Å². The lowest BCUT2D eigenvalue weighted by molar-refractivity contribution is -0.354. The molecule has 0 bridgehead atoms. The quantitative estimate of drug-likeness (QED) is 0.470. The van der Waals surface area contributed by atoms with Gasteiger partial charge in [-0.3, -0.25) is 0 Å². The molecule has 2 fully saturated rings. The van der Waals surface area contributed by atoms with Gasteiger partial charge in [0.1, 0.15) is 11.0 Å². The first-order valence-electron chi connectivity index (χ1n) is 11.7. The van der Waals surface area contributed by atoms with Gasteiger partial charge in [0, 0.05) is 11.9 Å². The van der Waals surface area contributed by atoms with Crippen LogP contribution in [0, 0.1) is 34.0 Å². The number of nitriles is 1. The standard InChI is InChI=1S/C24H34ClNO3Si/c1-21-9-4-5-19(21)17-7-6-16-13-24(29-30-15-25)23(3,27-11-12-28-24)22(2,14-26)20(16)18(17)8-10-21/h8,17,19H,4-7,9-13,15,30H2,1-3H3/t17-,19+,21+,22?,23?,24-/m1/s1. The van der Waals surface area contributed by atoms with E-state index in [9.17, 15) is 5.26 Å². The lowest BCUT2D eigenvalue weighted by Crippen LogP contribution is -2.71. The zero-order chi connectivity index (χ0) is 21.2. The van der Waals surface area contributed by atoms with E-state index in [1.807, 2.05) is 0 Å². The first-order chi connectivity index (χ1) is 14.3. The van der Waals surface area contributed by atoms with Crippen molar-refractivity contribution in [3.8, 4) is 6.07 Å². The third-order valence-corrected chi connectivity index (χ3v) is 10.6. The van der Waals surface area contributed by atoms with Gasteiger partial charge in [-0.2, -0.15) is 5.26 Å². The Morgan fingerprint density at radius 2 is 2.07 bits per heavy atom. The van der Waals surface area contributed by atoms with Crippen LogP contribution in [0.5, 0.6) is 0 Å². The Kier molecular flexibility index (Phi) is 5.08. The Bertz CT molecular complexity index is 852. The number of allylic oxidation sites excluding steroid dienone is 2. The van der Waals surface area contributed by atoms with Gasteiger partial charge in [-0.1, -0.05) is 25.0 Å². The number of hydrogen-bond donors (Lipinski definition) is 0. The summed E-state index contributed by atoms with van der Waals surface area (Å²) in [5, 5.41) is 10.6. The highest BCUT2D eigenvalue weighted by Gasteiger charge is 2.69. The largest absolute Gasteiger partial charge is 0.394 e. The molecule has 6 atom stereocenters. The van der Waals surface area contributed by atoms with Gasteiger partial charge in [0.15, 0.2) is 15.6 Å². The minimum absolute atomic E-state index is 0.442. The minimum Gasteiger partial charge on any atom is -0.394 e. The summed E-state index contributed by atoms with van der Waals surface area (Å²) in [6.45, 7) is 7.60. The predicted molar refractivity (Wildman–Crippen MR) is 120 cm³/mol. The fourth-order valence-corrected chi connectivity index (χ4v) is 8.69. The topological polar surface area (TPSA) is 51.5 Å². The van der Waals surface area contributed by atoms with E-state index in [0.29, 0.717) is 36.5 Å². The van der Waals surface area contributed by atoms with Crippen LogP contribution in [0.15, 0.2) is 22.8 Å². The maximum atomic E-state index is 10.6. The molecule has 4 nitrogen and oxygen atoms in total. The summed E-state index contributed by atoms with van der Waals surface area (Å²) in [5.74, 6) is 0.438. The van der Waals surface area contributed by atoms with Crippen LogP contribution in [-0.2, 0) is 13.9 Å². The summed E-state index contributed by atoms with van der Waals surface area (Å²) < 4.78 is 19.3. The molecule has 0 aromatic rings. The molecule has 0 amide bonds. The van der Waals surface area contributed by atoms with E-state index in [4.69, 9.17) is 25.5 Å². The molecule has 2 unspecified atom stereocenters. The van der Waals surface area contributed by atoms with Gasteiger partial charge in [-0.25, -0.2) is 0 Å². The van der Waals surface area contributed by atoms with E-state index in [-0.39, 0.29) is 0 Å². The number of halogens is 1. The molecule has 1 saturated heterocycles. The Labute approximate surface area is 187 Å². The second-order valence-electron chi connectivity index (χ2n) is 10.6. The number of ether oxygens (including phenoxy) is 2. The van der Waals surface area contributed by atoms with E-state index in [1.165, 1.54) is 42.4 Å². The van der Waals surface area contributed by atoms with Crippen molar-refractivity contribution in [1.82, 2.24) is 0 Å². The molecule has 6 heteroatoms. The Morgan fingerprint density at radius 3 is 2.83 bits per heavy atom. The number of rotatable bonds is 3. The zero-order valence-corrected chi connectivity index (χ0v) is 20.7. The van der Waals surface area contributed by atoms with Crippen LogP contribution in [-0.4, -0.2) is 39.9 Å². The summed E-state index contributed by atoms with van der Waals surface area (Å²) in [7, 11) is -0.954. The van der Waals surface area contributed by atoms with Crippen molar-refractivity contribution in [2.45, 2.75) is 77.1 Å². The first kappa shape index (κ1) is 21.2. The highest BCUT2D eigenvalue weighted by atomic mass is 35.5. The van der Waals surface area contributed by atoms with Crippen LogP contribution in [0.2, 0.25) is 0 Å². The molecule has 30 heavy (non-hydrogen) atoms. The third kappa shape index (κ3) is 2.61. The van der Waals surface area contributed by atoms with Crippen LogP contribution in [0.25, 0.3) is 0 Å². The van der Waals surface area contributed by atoms with Gasteiger partial charge in [0.25, 0.3) is 0 Å². The monoisotopic (exact) mass is 447 g/mol. The second-order valence-corrected chi connectivity index (χ2v) is 12.8. The maximum Gasteiger partial charge on any atom is 0.193 e. The van der Waals surface area contributed by atoms with E-state index < -0.39 is 26.6 Å². The molecule has 0 aromatic heterocycles. The first-order valence-corrected chi connectivity index (χ1v) is 13.8. The molecule has 4 aliphatic carbocycles. The van der Waals surface area contributed by atoms with E-state index in [1.54, 1.807) is 0 Å². The van der Waals surface area contributed by atoms with Crippen molar-refractivity contribution >= 4 is 21.4 Å². The van der Waals surface area contributed by atoms with Crippen molar-refractivity contribution in [2.24, 2.45) is 22.7 Å². The fraction of sp³-hybridized carbons (Fsp3) is 0.792. The fourth-order valence-electron chi connectivity index (χ4n) is 7.59. The molecule has 0 aromatic carbocycles. The highest BCUT2D eigenvalue weighted by molar-refractivity contribution is 6.45. The lowest BCUT2D eigenvalue weighted by Gasteiger charge is -2.62. The zero-order valence-electron chi connectivity index (χ0n) is 18.6. The van der Waals surface area contributed by atoms with Crippen molar-refractivity contribution in [3.63, 3.8) is 0 Å². The van der Waals surface area contributed by atoms with Crippen LogP contribution in [0.3, 0.4) is 0 Å². The SMILES string of the molecule is CC1(C#N)C2=C(CC[C@@H]3C2=CC[C@]2(C)CCC[C@@H]32)C[C@]2(O[SiH2]CCl)OCCOC12C. The van der Waals surface area contributed by atoms with Gasteiger partial charge < -0.3 is 13.9 Å². The summed E-state index contributed by atoms with van der Waals surface area (Å²) in [6.07, 6.45) is 10.6. The average Bonchev–Trinajstić information content (AvgIpc) is 3.15. The summed E-state index contributed by atoms with van der Waals surface area (Å²) in [5.41, 5.74) is 3.39. The summed E-state index contributed by atoms with van der Waals surface area (Å²) in [6, 6.07) is 2.72. The molecule has 0 radical (unpaired) electrons. The molecule has 164 valence electrons. The normalized spacial score (nSPS) is 47.9. The van der Waals surface area contributed by atoms with Gasteiger partial charge >= 0.3 is 0 Å². The number of hydrogen-bond acceptors (Lipinski definition) is 4. The summed E-state index contributed by atoms with van der Waals surface area (Å²) >= 11 is 6.05. The molecular formula is C24H34ClNO3Si. The molecule has 5 rings (SSSR count). The van der Waals surface area contributed by atoms with E-state index in [0.717, 1.165) is 18.8 Å². The second kappa shape index (κ2) is 7.18. The van der Waals surface area contributed by atoms with Crippen molar-refractivity contribution in [2.75, 3.05) is 18.7 Å². The average molecular weight is 448 g/mol. The van der Waals surface area contributed by atoms with Crippen LogP contribution < -0.4 is 0 Å². The molecule has 0 N–H and O–H groups in total. The minimum atomic E-state index is -0.954. The van der Waals surface area contributed by atoms with Crippen molar-refractivity contribution in [1.29, 1.82) is 5.26 Å².